The summed E-state index contributed by atoms with van der Waals surface area (Å²) in [5.74, 6) is -3.36. The number of Topliss-reactive ketones (excluding diaryl/α,β-unsaturated/α-hetero) is 1. The van der Waals surface area contributed by atoms with Crippen LogP contribution in [0.1, 0.15) is 23.7 Å². The van der Waals surface area contributed by atoms with Gasteiger partial charge in [0.2, 0.25) is 0 Å². The van der Waals surface area contributed by atoms with E-state index >= 15 is 0 Å². The third-order valence-electron chi connectivity index (χ3n) is 3.34. The molecule has 1 atom stereocenters. The molecule has 0 saturated carbocycles. The number of fused-ring (bicyclic) bond motifs is 1. The predicted molar refractivity (Wildman–Crippen MR) is 83.8 cm³/mol. The number of nitrogens with one attached hydrogen (secondary N) is 1. The number of halogens is 2. The van der Waals surface area contributed by atoms with Crippen LogP contribution in [0.25, 0.3) is 0 Å². The molecule has 0 saturated heterocycles. The van der Waals surface area contributed by atoms with E-state index in [1.165, 1.54) is 11.1 Å². The summed E-state index contributed by atoms with van der Waals surface area (Å²) in [5, 5.41) is 19.5. The van der Waals surface area contributed by atoms with E-state index in [0.717, 1.165) is 6.20 Å². The molecule has 122 valence electrons. The third-order valence-corrected chi connectivity index (χ3v) is 4.15. The number of hydrogen-bond donors (Lipinski definition) is 3. The van der Waals surface area contributed by atoms with Crippen molar-refractivity contribution >= 4 is 46.6 Å². The Labute approximate surface area is 141 Å². The number of carbonyl (C=O) groups excluding carboxylic acids is 1. The normalized spacial score (nSPS) is 16.6. The minimum absolute atomic E-state index is 0.105. The number of carboxylic acids is 2. The zero-order valence-electron chi connectivity index (χ0n) is 11.8. The van der Waals surface area contributed by atoms with Crippen molar-refractivity contribution in [2.45, 2.75) is 19.4 Å². The molecule has 1 aromatic rings. The molecule has 23 heavy (non-hydrogen) atoms. The van der Waals surface area contributed by atoms with Crippen LogP contribution in [0.2, 0.25) is 10.0 Å². The van der Waals surface area contributed by atoms with Crippen LogP contribution in [0.3, 0.4) is 0 Å². The van der Waals surface area contributed by atoms with Gasteiger partial charge < -0.3 is 15.6 Å². The van der Waals surface area contributed by atoms with Gasteiger partial charge in [0, 0.05) is 12.6 Å². The van der Waals surface area contributed by atoms with E-state index in [-0.39, 0.29) is 33.9 Å². The Kier molecular flexibility index (Phi) is 4.82. The number of carboxylic acid groups (broad SMARTS) is 2. The zero-order chi connectivity index (χ0) is 17.3. The molecule has 7 nitrogen and oxygen atoms in total. The number of hydrogen-bond acceptors (Lipinski definition) is 5. The maximum Gasteiger partial charge on any atom is 0.344 e. The second kappa shape index (κ2) is 6.47. The lowest BCUT2D eigenvalue weighted by Crippen LogP contribution is -2.47. The lowest BCUT2D eigenvalue weighted by atomic mass is 9.97. The van der Waals surface area contributed by atoms with Gasteiger partial charge in [-0.1, -0.05) is 23.2 Å². The topological polar surface area (TPSA) is 107 Å². The van der Waals surface area contributed by atoms with Crippen LogP contribution in [0.5, 0.6) is 0 Å². The SMILES string of the molecule is CC1CC(=O)c2c(ccc(Cl)c2Cl)N1NC=C(C(=O)O)C(=O)O. The van der Waals surface area contributed by atoms with Crippen molar-refractivity contribution in [3.05, 3.63) is 39.5 Å². The van der Waals surface area contributed by atoms with Crippen molar-refractivity contribution in [3.8, 4) is 0 Å². The van der Waals surface area contributed by atoms with Gasteiger partial charge in [0.1, 0.15) is 0 Å². The molecule has 1 aliphatic heterocycles. The molecule has 3 N–H and O–H groups in total. The number of anilines is 1. The summed E-state index contributed by atoms with van der Waals surface area (Å²) in [6.07, 6.45) is 0.965. The number of nitrogens with zero attached hydrogens (tertiary/aromatic N) is 1. The van der Waals surface area contributed by atoms with Gasteiger partial charge in [-0.2, -0.15) is 0 Å². The number of carbonyl (C=O) groups is 3. The molecule has 1 unspecified atom stereocenters. The minimum atomic E-state index is -1.58. The quantitative estimate of drug-likeness (QED) is 0.430. The molecule has 0 spiro atoms. The Morgan fingerprint density at radius 3 is 2.48 bits per heavy atom. The third kappa shape index (κ3) is 3.25. The number of rotatable bonds is 4. The molecule has 0 aliphatic carbocycles. The van der Waals surface area contributed by atoms with Crippen LogP contribution >= 0.6 is 23.2 Å². The smallest absolute Gasteiger partial charge is 0.344 e. The van der Waals surface area contributed by atoms with Crippen molar-refractivity contribution in [1.82, 2.24) is 5.43 Å². The van der Waals surface area contributed by atoms with Crippen molar-refractivity contribution in [1.29, 1.82) is 0 Å². The van der Waals surface area contributed by atoms with Gasteiger partial charge in [0.05, 0.1) is 27.3 Å². The maximum absolute atomic E-state index is 12.2. The summed E-state index contributed by atoms with van der Waals surface area (Å²) in [4.78, 5) is 34.0. The summed E-state index contributed by atoms with van der Waals surface area (Å²) in [7, 11) is 0. The average molecular weight is 359 g/mol. The highest BCUT2D eigenvalue weighted by Gasteiger charge is 2.31. The number of aliphatic carboxylic acids is 2. The molecule has 0 bridgehead atoms. The van der Waals surface area contributed by atoms with Crippen LogP contribution < -0.4 is 10.4 Å². The van der Waals surface area contributed by atoms with Gasteiger partial charge in [-0.15, -0.1) is 0 Å². The van der Waals surface area contributed by atoms with Gasteiger partial charge in [0.25, 0.3) is 0 Å². The molecule has 1 aliphatic rings. The fourth-order valence-corrected chi connectivity index (χ4v) is 2.67. The highest BCUT2D eigenvalue weighted by atomic mass is 35.5. The first-order valence-electron chi connectivity index (χ1n) is 6.47. The average Bonchev–Trinajstić information content (AvgIpc) is 2.44. The number of benzene rings is 1. The zero-order valence-corrected chi connectivity index (χ0v) is 13.4. The van der Waals surface area contributed by atoms with Crippen molar-refractivity contribution in [2.24, 2.45) is 0 Å². The predicted octanol–water partition coefficient (Wildman–Crippen LogP) is 2.33. The standard InChI is InChI=1S/C14H12Cl2N2O5/c1-6-4-10(19)11-9(3-2-8(15)12(11)16)18(6)17-5-7(13(20)21)14(22)23/h2-3,5-6,17H,4H2,1H3,(H,20,21)(H,22,23). The number of hydrazine groups is 1. The van der Waals surface area contributed by atoms with Gasteiger partial charge in [-0.05, 0) is 19.1 Å². The lowest BCUT2D eigenvalue weighted by Gasteiger charge is -2.36. The first-order chi connectivity index (χ1) is 10.7. The molecule has 2 rings (SSSR count). The minimum Gasteiger partial charge on any atom is -0.477 e. The van der Waals surface area contributed by atoms with Crippen LogP contribution in [-0.2, 0) is 9.59 Å². The fourth-order valence-electron chi connectivity index (χ4n) is 2.25. The Hall–Kier alpha value is -2.25. The van der Waals surface area contributed by atoms with Crippen molar-refractivity contribution in [3.63, 3.8) is 0 Å². The molecule has 1 heterocycles. The van der Waals surface area contributed by atoms with Crippen LogP contribution in [0.15, 0.2) is 23.9 Å². The van der Waals surface area contributed by atoms with Crippen LogP contribution in [-0.4, -0.2) is 34.0 Å². The first-order valence-corrected chi connectivity index (χ1v) is 7.23. The highest BCUT2D eigenvalue weighted by Crippen LogP contribution is 2.38. The van der Waals surface area contributed by atoms with Gasteiger partial charge >= 0.3 is 11.9 Å². The summed E-state index contributed by atoms with van der Waals surface area (Å²) >= 11 is 12.0. The van der Waals surface area contributed by atoms with Gasteiger partial charge in [0.15, 0.2) is 11.4 Å². The molecular formula is C14H12Cl2N2O5. The summed E-state index contributed by atoms with van der Waals surface area (Å²) < 4.78 is 0. The monoisotopic (exact) mass is 358 g/mol. The Bertz CT molecular complexity index is 716. The molecule has 0 radical (unpaired) electrons. The van der Waals surface area contributed by atoms with Crippen molar-refractivity contribution in [2.75, 3.05) is 5.01 Å². The summed E-state index contributed by atoms with van der Waals surface area (Å²) in [6, 6.07) is 2.72. The fraction of sp³-hybridized carbons (Fsp3) is 0.214. The molecule has 0 aromatic heterocycles. The van der Waals surface area contributed by atoms with Crippen LogP contribution in [0, 0.1) is 0 Å². The highest BCUT2D eigenvalue weighted by molar-refractivity contribution is 6.44. The molecule has 0 fully saturated rings. The summed E-state index contributed by atoms with van der Waals surface area (Å²) in [6.45, 7) is 1.73. The van der Waals surface area contributed by atoms with Gasteiger partial charge in [-0.25, -0.2) is 9.59 Å². The van der Waals surface area contributed by atoms with E-state index in [0.29, 0.717) is 5.69 Å². The second-order valence-electron chi connectivity index (χ2n) is 4.90. The van der Waals surface area contributed by atoms with E-state index in [9.17, 15) is 14.4 Å². The van der Waals surface area contributed by atoms with E-state index in [4.69, 9.17) is 33.4 Å². The molecule has 0 amide bonds. The number of ketones is 1. The molecule has 1 aromatic carbocycles. The Morgan fingerprint density at radius 1 is 1.30 bits per heavy atom. The van der Waals surface area contributed by atoms with Gasteiger partial charge in [-0.3, -0.25) is 9.80 Å². The Balaban J connectivity index is 2.45. The van der Waals surface area contributed by atoms with Crippen LogP contribution in [0.4, 0.5) is 5.69 Å². The van der Waals surface area contributed by atoms with E-state index in [1.807, 2.05) is 0 Å². The maximum atomic E-state index is 12.2. The van der Waals surface area contributed by atoms with Crippen molar-refractivity contribution < 1.29 is 24.6 Å². The first kappa shape index (κ1) is 17.1. The van der Waals surface area contributed by atoms with E-state index < -0.39 is 17.5 Å². The molecular weight excluding hydrogens is 347 g/mol. The Morgan fingerprint density at radius 2 is 1.91 bits per heavy atom. The second-order valence-corrected chi connectivity index (χ2v) is 5.68. The van der Waals surface area contributed by atoms with E-state index in [1.54, 1.807) is 13.0 Å². The largest absolute Gasteiger partial charge is 0.477 e. The summed E-state index contributed by atoms with van der Waals surface area (Å²) in [5.41, 5.74) is 2.39. The van der Waals surface area contributed by atoms with E-state index in [2.05, 4.69) is 5.43 Å². The lowest BCUT2D eigenvalue weighted by molar-refractivity contribution is -0.140. The molecule has 9 heteroatoms.